The third kappa shape index (κ3) is 3.04. The Kier molecular flexibility index (Phi) is 5.00. The lowest BCUT2D eigenvalue weighted by Gasteiger charge is -2.18. The highest BCUT2D eigenvalue weighted by Crippen LogP contribution is 2.42. The van der Waals surface area contributed by atoms with E-state index < -0.39 is 11.9 Å². The van der Waals surface area contributed by atoms with Gasteiger partial charge in [-0.3, -0.25) is 0 Å². The van der Waals surface area contributed by atoms with Gasteiger partial charge in [-0.25, -0.2) is 9.59 Å². The smallest absolute Gasteiger partial charge is 0.336 e. The summed E-state index contributed by atoms with van der Waals surface area (Å²) in [6.07, 6.45) is 0. The van der Waals surface area contributed by atoms with Crippen molar-refractivity contribution >= 4 is 78.7 Å². The minimum atomic E-state index is -1.01. The Balaban J connectivity index is 2.28. The molecule has 2 N–H and O–H groups in total. The van der Waals surface area contributed by atoms with Gasteiger partial charge < -0.3 is 10.2 Å². The number of hydrogen-bond acceptors (Lipinski definition) is 2. The van der Waals surface area contributed by atoms with E-state index in [9.17, 15) is 19.8 Å². The molecule has 0 aliphatic rings. The standard InChI is InChI=1S/C22H12I2O4/c23-19-15(21(25)26)9-11-5-1-3-7-13(11)17(19)18-14-8-4-2-6-12(14)10-16(20(18)24)22(27)28/h1-10H,(H,25,26)(H,27,28). The second-order valence-corrected chi connectivity index (χ2v) is 8.44. The Morgan fingerprint density at radius 2 is 1.00 bits per heavy atom. The van der Waals surface area contributed by atoms with Crippen molar-refractivity contribution in [3.8, 4) is 11.1 Å². The predicted octanol–water partition coefficient (Wildman–Crippen LogP) is 6.27. The molecule has 4 aromatic carbocycles. The lowest BCUT2D eigenvalue weighted by molar-refractivity contribution is 0.0685. The van der Waals surface area contributed by atoms with E-state index in [2.05, 4.69) is 45.2 Å². The molecule has 0 aliphatic carbocycles. The van der Waals surface area contributed by atoms with E-state index in [1.165, 1.54) is 0 Å². The summed E-state index contributed by atoms with van der Waals surface area (Å²) < 4.78 is 1.18. The molecule has 0 bridgehead atoms. The van der Waals surface area contributed by atoms with Gasteiger partial charge in [-0.2, -0.15) is 0 Å². The molecule has 0 unspecified atom stereocenters. The molecule has 0 saturated heterocycles. The van der Waals surface area contributed by atoms with Crippen LogP contribution < -0.4 is 0 Å². The number of carbonyl (C=O) groups is 2. The summed E-state index contributed by atoms with van der Waals surface area (Å²) in [5, 5.41) is 22.8. The van der Waals surface area contributed by atoms with Gasteiger partial charge in [-0.15, -0.1) is 0 Å². The Morgan fingerprint density at radius 1 is 0.643 bits per heavy atom. The molecule has 4 aromatic rings. The molecule has 0 aliphatic heterocycles. The zero-order valence-electron chi connectivity index (χ0n) is 14.2. The van der Waals surface area contributed by atoms with Crippen molar-refractivity contribution in [2.75, 3.05) is 0 Å². The molecule has 0 radical (unpaired) electrons. The molecule has 138 valence electrons. The number of rotatable bonds is 3. The molecule has 6 heteroatoms. The van der Waals surface area contributed by atoms with E-state index in [0.717, 1.165) is 32.7 Å². The van der Waals surface area contributed by atoms with Crippen molar-refractivity contribution < 1.29 is 19.8 Å². The fourth-order valence-electron chi connectivity index (χ4n) is 3.44. The van der Waals surface area contributed by atoms with Crippen LogP contribution in [0, 0.1) is 7.14 Å². The Bertz CT molecular complexity index is 1190. The summed E-state index contributed by atoms with van der Waals surface area (Å²) in [5.41, 5.74) is 1.91. The minimum absolute atomic E-state index is 0.204. The lowest BCUT2D eigenvalue weighted by Crippen LogP contribution is -2.06. The molecule has 4 rings (SSSR count). The number of fused-ring (bicyclic) bond motifs is 2. The van der Waals surface area contributed by atoms with Gasteiger partial charge in [-0.1, -0.05) is 48.5 Å². The molecular weight excluding hydrogens is 582 g/mol. The fourth-order valence-corrected chi connectivity index (χ4v) is 5.34. The Hall–Kier alpha value is -2.20. The van der Waals surface area contributed by atoms with Gasteiger partial charge >= 0.3 is 11.9 Å². The van der Waals surface area contributed by atoms with Crippen LogP contribution in [0.1, 0.15) is 20.7 Å². The maximum Gasteiger partial charge on any atom is 0.336 e. The quantitative estimate of drug-likeness (QED) is 0.275. The van der Waals surface area contributed by atoms with Gasteiger partial charge in [0.25, 0.3) is 0 Å². The molecular formula is C22H12I2O4. The van der Waals surface area contributed by atoms with Crippen LogP contribution in [0.2, 0.25) is 0 Å². The number of benzene rings is 4. The minimum Gasteiger partial charge on any atom is -0.478 e. The zero-order valence-corrected chi connectivity index (χ0v) is 18.6. The zero-order chi connectivity index (χ0) is 20.0. The summed E-state index contributed by atoms with van der Waals surface area (Å²) in [4.78, 5) is 23.7. The van der Waals surface area contributed by atoms with Crippen molar-refractivity contribution in [3.63, 3.8) is 0 Å². The summed E-state index contributed by atoms with van der Waals surface area (Å²) in [7, 11) is 0. The first kappa shape index (κ1) is 19.1. The van der Waals surface area contributed by atoms with Crippen LogP contribution in [-0.2, 0) is 0 Å². The lowest BCUT2D eigenvalue weighted by atomic mass is 9.90. The first-order valence-corrected chi connectivity index (χ1v) is 10.5. The van der Waals surface area contributed by atoms with Crippen molar-refractivity contribution in [2.24, 2.45) is 0 Å². The maximum atomic E-state index is 11.9. The highest BCUT2D eigenvalue weighted by Gasteiger charge is 2.23. The highest BCUT2D eigenvalue weighted by molar-refractivity contribution is 14.1. The topological polar surface area (TPSA) is 74.6 Å². The van der Waals surface area contributed by atoms with Crippen LogP contribution in [0.25, 0.3) is 32.7 Å². The van der Waals surface area contributed by atoms with Gasteiger partial charge in [0.2, 0.25) is 0 Å². The van der Waals surface area contributed by atoms with E-state index in [0.29, 0.717) is 7.14 Å². The highest BCUT2D eigenvalue weighted by atomic mass is 127. The SMILES string of the molecule is O=C(O)c1cc2ccccc2c(-c2c(I)c(C(=O)O)cc3ccccc23)c1I. The molecule has 0 aromatic heterocycles. The molecule has 0 heterocycles. The van der Waals surface area contributed by atoms with Crippen LogP contribution in [-0.4, -0.2) is 22.2 Å². The largest absolute Gasteiger partial charge is 0.478 e. The molecule has 28 heavy (non-hydrogen) atoms. The number of aromatic carboxylic acids is 2. The Labute approximate surface area is 187 Å². The molecule has 4 nitrogen and oxygen atoms in total. The van der Waals surface area contributed by atoms with Gasteiger partial charge in [0.15, 0.2) is 0 Å². The van der Waals surface area contributed by atoms with Crippen LogP contribution in [0.4, 0.5) is 0 Å². The second kappa shape index (κ2) is 7.32. The van der Waals surface area contributed by atoms with E-state index in [1.807, 2.05) is 48.5 Å². The van der Waals surface area contributed by atoms with Crippen molar-refractivity contribution in [2.45, 2.75) is 0 Å². The summed E-state index contributed by atoms with van der Waals surface area (Å²) in [6.45, 7) is 0. The van der Waals surface area contributed by atoms with Crippen LogP contribution in [0.15, 0.2) is 60.7 Å². The van der Waals surface area contributed by atoms with Gasteiger partial charge in [0, 0.05) is 18.3 Å². The summed E-state index contributed by atoms with van der Waals surface area (Å²) in [5.74, 6) is -2.02. The molecule has 0 amide bonds. The summed E-state index contributed by atoms with van der Waals surface area (Å²) >= 11 is 4.11. The number of carboxylic acid groups (broad SMARTS) is 2. The van der Waals surface area contributed by atoms with Gasteiger partial charge in [0.1, 0.15) is 0 Å². The average molecular weight is 594 g/mol. The average Bonchev–Trinajstić information content (AvgIpc) is 2.67. The number of carboxylic acids is 2. The van der Waals surface area contributed by atoms with E-state index >= 15 is 0 Å². The van der Waals surface area contributed by atoms with Crippen LogP contribution in [0.5, 0.6) is 0 Å². The predicted molar refractivity (Wildman–Crippen MR) is 126 cm³/mol. The van der Waals surface area contributed by atoms with E-state index in [1.54, 1.807) is 12.1 Å². The van der Waals surface area contributed by atoms with Crippen molar-refractivity contribution in [3.05, 3.63) is 78.9 Å². The third-order valence-electron chi connectivity index (χ3n) is 4.68. The second-order valence-electron chi connectivity index (χ2n) is 6.28. The third-order valence-corrected chi connectivity index (χ3v) is 6.92. The molecule has 0 fully saturated rings. The van der Waals surface area contributed by atoms with E-state index in [-0.39, 0.29) is 11.1 Å². The summed E-state index contributed by atoms with van der Waals surface area (Å²) in [6, 6.07) is 18.5. The van der Waals surface area contributed by atoms with Crippen molar-refractivity contribution in [1.29, 1.82) is 0 Å². The number of hydrogen-bond donors (Lipinski definition) is 2. The number of halogens is 2. The first-order valence-electron chi connectivity index (χ1n) is 8.29. The normalized spacial score (nSPS) is 11.1. The molecule has 0 spiro atoms. The monoisotopic (exact) mass is 594 g/mol. The van der Waals surface area contributed by atoms with Gasteiger partial charge in [0.05, 0.1) is 11.1 Å². The van der Waals surface area contributed by atoms with E-state index in [4.69, 9.17) is 0 Å². The molecule has 0 saturated carbocycles. The first-order chi connectivity index (χ1) is 13.4. The fraction of sp³-hybridized carbons (Fsp3) is 0. The van der Waals surface area contributed by atoms with Crippen LogP contribution in [0.3, 0.4) is 0 Å². The van der Waals surface area contributed by atoms with Crippen LogP contribution >= 0.6 is 45.2 Å². The molecule has 0 atom stereocenters. The van der Waals surface area contributed by atoms with Gasteiger partial charge in [-0.05, 0) is 78.9 Å². The van der Waals surface area contributed by atoms with Crippen molar-refractivity contribution in [1.82, 2.24) is 0 Å². The Morgan fingerprint density at radius 3 is 1.36 bits per heavy atom. The maximum absolute atomic E-state index is 11.9.